The van der Waals surface area contributed by atoms with E-state index in [0.29, 0.717) is 12.1 Å². The molecule has 3 aromatic rings. The number of ketones is 1. The molecule has 0 N–H and O–H groups in total. The first kappa shape index (κ1) is 22.7. The van der Waals surface area contributed by atoms with Crippen LogP contribution >= 0.6 is 15.9 Å². The summed E-state index contributed by atoms with van der Waals surface area (Å²) in [4.78, 5) is 37.0. The molecule has 0 radical (unpaired) electrons. The summed E-state index contributed by atoms with van der Waals surface area (Å²) in [5.74, 6) is -1.04. The zero-order valence-electron chi connectivity index (χ0n) is 17.7. The molecule has 8 heteroatoms. The third-order valence-electron chi connectivity index (χ3n) is 4.95. The van der Waals surface area contributed by atoms with Crippen LogP contribution in [0.3, 0.4) is 0 Å². The second kappa shape index (κ2) is 9.87. The number of carbonyl (C=O) groups excluding carboxylic acids is 2. The number of carbonyl (C=O) groups is 2. The topological polar surface area (TPSA) is 83.2 Å². The van der Waals surface area contributed by atoms with Crippen molar-refractivity contribution in [2.45, 2.75) is 40.2 Å². The van der Waals surface area contributed by atoms with E-state index in [1.54, 1.807) is 6.07 Å². The number of aryl methyl sites for hydroxylation is 2. The van der Waals surface area contributed by atoms with Crippen LogP contribution in [-0.4, -0.2) is 32.7 Å². The Kier molecular flexibility index (Phi) is 7.22. The van der Waals surface area contributed by atoms with Crippen LogP contribution in [0.5, 0.6) is 0 Å². The molecule has 1 aromatic carbocycles. The Morgan fingerprint density at radius 2 is 1.81 bits per heavy atom. The van der Waals surface area contributed by atoms with E-state index in [4.69, 9.17) is 4.74 Å². The number of hydrogen-bond donors (Lipinski definition) is 0. The van der Waals surface area contributed by atoms with Gasteiger partial charge in [0.25, 0.3) is 5.56 Å². The lowest BCUT2D eigenvalue weighted by molar-refractivity contribution is 0.0466. The average Bonchev–Trinajstić information content (AvgIpc) is 3.06. The second-order valence-corrected chi connectivity index (χ2v) is 8.15. The number of nitrogens with zero attached hydrogens (tertiary/aromatic N) is 3. The molecule has 0 amide bonds. The minimum Gasteiger partial charge on any atom is -0.453 e. The third kappa shape index (κ3) is 5.19. The third-order valence-corrected chi connectivity index (χ3v) is 5.48. The first-order chi connectivity index (χ1) is 14.8. The smallest absolute Gasteiger partial charge is 0.359 e. The van der Waals surface area contributed by atoms with Crippen LogP contribution in [-0.2, 0) is 11.3 Å². The highest BCUT2D eigenvalue weighted by molar-refractivity contribution is 9.10. The number of hydrogen-bond acceptors (Lipinski definition) is 5. The van der Waals surface area contributed by atoms with Gasteiger partial charge in [-0.25, -0.2) is 9.48 Å². The summed E-state index contributed by atoms with van der Waals surface area (Å²) < 4.78 is 9.38. The molecule has 0 aliphatic rings. The first-order valence-electron chi connectivity index (χ1n) is 10.0. The molecule has 0 aliphatic carbocycles. The van der Waals surface area contributed by atoms with Gasteiger partial charge in [0.2, 0.25) is 5.78 Å². The monoisotopic (exact) mass is 485 g/mol. The number of unbranched alkanes of at least 4 members (excludes halogenated alkanes) is 1. The Labute approximate surface area is 188 Å². The van der Waals surface area contributed by atoms with E-state index in [1.807, 2.05) is 49.6 Å². The summed E-state index contributed by atoms with van der Waals surface area (Å²) >= 11 is 3.42. The fraction of sp³-hybridized carbons (Fsp3) is 0.304. The summed E-state index contributed by atoms with van der Waals surface area (Å²) in [5.41, 5.74) is 2.83. The molecule has 0 saturated carbocycles. The van der Waals surface area contributed by atoms with Gasteiger partial charge in [0.15, 0.2) is 12.3 Å². The van der Waals surface area contributed by atoms with E-state index in [-0.39, 0.29) is 17.0 Å². The van der Waals surface area contributed by atoms with Crippen LogP contribution in [0.2, 0.25) is 0 Å². The molecule has 0 bridgehead atoms. The molecule has 0 atom stereocenters. The lowest BCUT2D eigenvalue weighted by atomic mass is 10.1. The first-order valence-corrected chi connectivity index (χ1v) is 10.8. The van der Waals surface area contributed by atoms with Crippen LogP contribution in [0.15, 0.2) is 51.7 Å². The standard InChI is InChI=1S/C23H24BrN3O4/c1-4-5-12-26-22(29)11-10-20(25-26)23(30)31-14-21(28)19-13-15(2)27(16(19)3)18-8-6-17(24)7-9-18/h6-11,13H,4-5,12,14H2,1-3H3. The van der Waals surface area contributed by atoms with Crippen molar-refractivity contribution < 1.29 is 14.3 Å². The molecule has 3 rings (SSSR count). The molecule has 0 aliphatic heterocycles. The Morgan fingerprint density at radius 3 is 2.48 bits per heavy atom. The normalized spacial score (nSPS) is 10.8. The largest absolute Gasteiger partial charge is 0.453 e. The lowest BCUT2D eigenvalue weighted by Crippen LogP contribution is -2.25. The van der Waals surface area contributed by atoms with Gasteiger partial charge in [-0.2, -0.15) is 5.10 Å². The molecule has 0 fully saturated rings. The van der Waals surface area contributed by atoms with Crippen molar-refractivity contribution in [1.82, 2.24) is 14.3 Å². The maximum atomic E-state index is 12.7. The van der Waals surface area contributed by atoms with Gasteiger partial charge in [-0.15, -0.1) is 0 Å². The van der Waals surface area contributed by atoms with Crippen LogP contribution in [0.1, 0.15) is 52.0 Å². The van der Waals surface area contributed by atoms with Gasteiger partial charge in [0, 0.05) is 39.7 Å². The van der Waals surface area contributed by atoms with Crippen LogP contribution in [0, 0.1) is 13.8 Å². The summed E-state index contributed by atoms with van der Waals surface area (Å²) in [7, 11) is 0. The van der Waals surface area contributed by atoms with Crippen molar-refractivity contribution in [2.75, 3.05) is 6.61 Å². The second-order valence-electron chi connectivity index (χ2n) is 7.23. The van der Waals surface area contributed by atoms with E-state index >= 15 is 0 Å². The Hall–Kier alpha value is -3.00. The Bertz CT molecular complexity index is 1160. The minimum absolute atomic E-state index is 0.00355. The predicted molar refractivity (Wildman–Crippen MR) is 121 cm³/mol. The van der Waals surface area contributed by atoms with Gasteiger partial charge in [-0.05, 0) is 56.7 Å². The molecule has 0 unspecified atom stereocenters. The molecular weight excluding hydrogens is 462 g/mol. The van der Waals surface area contributed by atoms with Crippen LogP contribution < -0.4 is 5.56 Å². The zero-order chi connectivity index (χ0) is 22.5. The van der Waals surface area contributed by atoms with E-state index in [2.05, 4.69) is 21.0 Å². The molecule has 7 nitrogen and oxygen atoms in total. The minimum atomic E-state index is -0.736. The number of aromatic nitrogens is 3. The van der Waals surface area contributed by atoms with E-state index < -0.39 is 12.6 Å². The van der Waals surface area contributed by atoms with Crippen molar-refractivity contribution >= 4 is 27.7 Å². The fourth-order valence-corrected chi connectivity index (χ4v) is 3.61. The molecule has 162 valence electrons. The predicted octanol–water partition coefficient (Wildman–Crippen LogP) is 4.25. The molecule has 2 heterocycles. The van der Waals surface area contributed by atoms with Gasteiger partial charge < -0.3 is 9.30 Å². The number of esters is 1. The van der Waals surface area contributed by atoms with Crippen LogP contribution in [0.4, 0.5) is 0 Å². The highest BCUT2D eigenvalue weighted by Gasteiger charge is 2.19. The van der Waals surface area contributed by atoms with Gasteiger partial charge in [0.1, 0.15) is 0 Å². The Morgan fingerprint density at radius 1 is 1.10 bits per heavy atom. The molecular formula is C23H24BrN3O4. The SMILES string of the molecule is CCCCn1nc(C(=O)OCC(=O)c2cc(C)n(-c3ccc(Br)cc3)c2C)ccc1=O. The van der Waals surface area contributed by atoms with Crippen molar-refractivity contribution in [2.24, 2.45) is 0 Å². The summed E-state index contributed by atoms with van der Waals surface area (Å²) in [5, 5.41) is 4.05. The molecule has 31 heavy (non-hydrogen) atoms. The van der Waals surface area contributed by atoms with Gasteiger partial charge in [0.05, 0.1) is 0 Å². The van der Waals surface area contributed by atoms with E-state index in [0.717, 1.165) is 34.4 Å². The molecule has 0 spiro atoms. The number of halogens is 1. The lowest BCUT2D eigenvalue weighted by Gasteiger charge is -2.10. The zero-order valence-corrected chi connectivity index (χ0v) is 19.3. The number of Topliss-reactive ketones (excluding diaryl/α,β-unsaturated/α-hetero) is 1. The van der Waals surface area contributed by atoms with Crippen molar-refractivity contribution in [3.63, 3.8) is 0 Å². The quantitative estimate of drug-likeness (QED) is 0.351. The fourth-order valence-electron chi connectivity index (χ4n) is 3.34. The Balaban J connectivity index is 1.73. The maximum Gasteiger partial charge on any atom is 0.359 e. The van der Waals surface area contributed by atoms with Crippen molar-refractivity contribution in [1.29, 1.82) is 0 Å². The maximum absolute atomic E-state index is 12.7. The van der Waals surface area contributed by atoms with E-state index in [9.17, 15) is 14.4 Å². The summed E-state index contributed by atoms with van der Waals surface area (Å²) in [6.07, 6.45) is 1.67. The molecule has 2 aromatic heterocycles. The van der Waals surface area contributed by atoms with Crippen molar-refractivity contribution in [3.05, 3.63) is 79.9 Å². The number of rotatable bonds is 8. The van der Waals surface area contributed by atoms with Gasteiger partial charge in [-0.3, -0.25) is 9.59 Å². The summed E-state index contributed by atoms with van der Waals surface area (Å²) in [6, 6.07) is 12.2. The van der Waals surface area contributed by atoms with E-state index in [1.165, 1.54) is 16.8 Å². The highest BCUT2D eigenvalue weighted by Crippen LogP contribution is 2.23. The van der Waals surface area contributed by atoms with Gasteiger partial charge in [-0.1, -0.05) is 29.3 Å². The molecule has 0 saturated heterocycles. The number of benzene rings is 1. The summed E-state index contributed by atoms with van der Waals surface area (Å²) in [6.45, 7) is 5.80. The van der Waals surface area contributed by atoms with Crippen molar-refractivity contribution in [3.8, 4) is 5.69 Å². The van der Waals surface area contributed by atoms with Crippen LogP contribution in [0.25, 0.3) is 5.69 Å². The number of ether oxygens (including phenoxy) is 1. The highest BCUT2D eigenvalue weighted by atomic mass is 79.9. The average molecular weight is 486 g/mol. The van der Waals surface area contributed by atoms with Gasteiger partial charge >= 0.3 is 5.97 Å².